The third-order valence-electron chi connectivity index (χ3n) is 4.23. The number of rotatable bonds is 5. The Balaban J connectivity index is 1.92. The molecular weight excluding hydrogens is 350 g/mol. The van der Waals surface area contributed by atoms with Crippen LogP contribution in [0.5, 0.6) is 5.75 Å². The molecule has 7 heteroatoms. The molecule has 0 radical (unpaired) electrons. The zero-order chi connectivity index (χ0) is 18.7. The fraction of sp³-hybridized carbons (Fsp3) is 0.211. The number of fused-ring (bicyclic) bond motifs is 1. The molecule has 0 saturated heterocycles. The Hall–Kier alpha value is -2.93. The molecule has 0 bridgehead atoms. The lowest BCUT2D eigenvalue weighted by Gasteiger charge is -2.20. The van der Waals surface area contributed by atoms with Crippen molar-refractivity contribution in [3.05, 3.63) is 68.7 Å². The van der Waals surface area contributed by atoms with E-state index in [-0.39, 0.29) is 22.3 Å². The number of aromatic nitrogens is 2. The van der Waals surface area contributed by atoms with Crippen molar-refractivity contribution >= 4 is 29.0 Å². The van der Waals surface area contributed by atoms with Crippen molar-refractivity contribution in [1.82, 2.24) is 15.3 Å². The van der Waals surface area contributed by atoms with E-state index in [1.165, 1.54) is 0 Å². The molecule has 3 rings (SSSR count). The van der Waals surface area contributed by atoms with Crippen LogP contribution in [0, 0.1) is 4.77 Å². The van der Waals surface area contributed by atoms with Crippen LogP contribution in [0.1, 0.15) is 35.3 Å². The van der Waals surface area contributed by atoms with Gasteiger partial charge in [0, 0.05) is 11.1 Å². The summed E-state index contributed by atoms with van der Waals surface area (Å²) in [6.45, 7) is 1.99. The molecule has 0 aliphatic heterocycles. The van der Waals surface area contributed by atoms with E-state index in [4.69, 9.17) is 17.0 Å². The summed E-state index contributed by atoms with van der Waals surface area (Å²) in [7, 11) is 1.61. The quantitative estimate of drug-likeness (QED) is 0.601. The second-order valence-corrected chi connectivity index (χ2v) is 6.25. The van der Waals surface area contributed by atoms with Crippen molar-refractivity contribution in [2.75, 3.05) is 7.11 Å². The molecule has 1 amide bonds. The number of benzene rings is 2. The largest absolute Gasteiger partial charge is 0.496 e. The minimum atomic E-state index is -0.281. The smallest absolute Gasteiger partial charge is 0.259 e. The van der Waals surface area contributed by atoms with Gasteiger partial charge in [0.05, 0.1) is 24.1 Å². The van der Waals surface area contributed by atoms with Crippen LogP contribution in [-0.4, -0.2) is 23.0 Å². The van der Waals surface area contributed by atoms with Crippen molar-refractivity contribution < 1.29 is 9.53 Å². The van der Waals surface area contributed by atoms with Gasteiger partial charge in [0.25, 0.3) is 11.5 Å². The first kappa shape index (κ1) is 17.9. The summed E-state index contributed by atoms with van der Waals surface area (Å²) < 4.78 is 5.62. The van der Waals surface area contributed by atoms with Gasteiger partial charge in [-0.15, -0.1) is 0 Å². The number of hydrogen-bond donors (Lipinski definition) is 3. The van der Waals surface area contributed by atoms with E-state index in [1.54, 1.807) is 25.3 Å². The Morgan fingerprint density at radius 3 is 2.73 bits per heavy atom. The fourth-order valence-corrected chi connectivity index (χ4v) is 3.11. The SMILES string of the molecule is CC[C@@H](NC(=O)c1ccc2c(=O)[nH]c(=S)[nH]c2c1)c1ccccc1OC. The number of para-hydroxylation sites is 1. The summed E-state index contributed by atoms with van der Waals surface area (Å²) in [4.78, 5) is 30.1. The average Bonchev–Trinajstić information content (AvgIpc) is 2.65. The van der Waals surface area contributed by atoms with Crippen LogP contribution in [0.3, 0.4) is 0 Å². The van der Waals surface area contributed by atoms with E-state index in [0.717, 1.165) is 11.3 Å². The maximum Gasteiger partial charge on any atom is 0.259 e. The van der Waals surface area contributed by atoms with Gasteiger partial charge in [0.15, 0.2) is 4.77 Å². The maximum atomic E-state index is 12.7. The number of carbonyl (C=O) groups excluding carboxylic acids is 1. The van der Waals surface area contributed by atoms with Gasteiger partial charge in [-0.3, -0.25) is 14.6 Å². The first-order chi connectivity index (χ1) is 12.5. The highest BCUT2D eigenvalue weighted by molar-refractivity contribution is 7.71. The van der Waals surface area contributed by atoms with Crippen LogP contribution < -0.4 is 15.6 Å². The first-order valence-electron chi connectivity index (χ1n) is 8.23. The molecule has 0 saturated carbocycles. The summed E-state index contributed by atoms with van der Waals surface area (Å²) in [5, 5.41) is 3.47. The van der Waals surface area contributed by atoms with Gasteiger partial charge in [0.2, 0.25) is 0 Å². The Kier molecular flexibility index (Phi) is 5.18. The number of hydrogen-bond acceptors (Lipinski definition) is 4. The molecule has 0 spiro atoms. The second-order valence-electron chi connectivity index (χ2n) is 5.84. The van der Waals surface area contributed by atoms with Gasteiger partial charge < -0.3 is 15.0 Å². The monoisotopic (exact) mass is 369 g/mol. The molecule has 1 aromatic heterocycles. The molecule has 134 valence electrons. The number of amides is 1. The van der Waals surface area contributed by atoms with E-state index >= 15 is 0 Å². The van der Waals surface area contributed by atoms with Crippen molar-refractivity contribution in [2.45, 2.75) is 19.4 Å². The standard InChI is InChI=1S/C19H19N3O3S/c1-3-14(12-6-4-5-7-16(12)25-2)20-17(23)11-8-9-13-15(10-11)21-19(26)22-18(13)24/h4-10,14H,3H2,1-2H3,(H,20,23)(H2,21,22,24,26)/t14-/m1/s1. The van der Waals surface area contributed by atoms with Crippen molar-refractivity contribution in [2.24, 2.45) is 0 Å². The van der Waals surface area contributed by atoms with Crippen LogP contribution in [0.25, 0.3) is 10.9 Å². The molecule has 3 N–H and O–H groups in total. The van der Waals surface area contributed by atoms with Crippen molar-refractivity contribution in [3.63, 3.8) is 0 Å². The van der Waals surface area contributed by atoms with Crippen LogP contribution in [0.15, 0.2) is 47.3 Å². The Morgan fingerprint density at radius 2 is 2.00 bits per heavy atom. The molecule has 0 aliphatic carbocycles. The van der Waals surface area contributed by atoms with Gasteiger partial charge in [-0.1, -0.05) is 25.1 Å². The third-order valence-corrected chi connectivity index (χ3v) is 4.43. The van der Waals surface area contributed by atoms with Gasteiger partial charge in [-0.05, 0) is 42.9 Å². The summed E-state index contributed by atoms with van der Waals surface area (Å²) in [6, 6.07) is 12.3. The van der Waals surface area contributed by atoms with Crippen LogP contribution in [0.2, 0.25) is 0 Å². The average molecular weight is 369 g/mol. The number of aromatic amines is 2. The Bertz CT molecular complexity index is 1070. The van der Waals surface area contributed by atoms with E-state index < -0.39 is 0 Å². The predicted molar refractivity (Wildman–Crippen MR) is 103 cm³/mol. The normalized spacial score (nSPS) is 11.9. The summed E-state index contributed by atoms with van der Waals surface area (Å²) in [6.07, 6.45) is 0.710. The zero-order valence-electron chi connectivity index (χ0n) is 14.5. The molecule has 2 aromatic carbocycles. The molecule has 6 nitrogen and oxygen atoms in total. The molecule has 0 aliphatic rings. The lowest BCUT2D eigenvalue weighted by molar-refractivity contribution is 0.0935. The van der Waals surface area contributed by atoms with E-state index in [9.17, 15) is 9.59 Å². The maximum absolute atomic E-state index is 12.7. The summed E-state index contributed by atoms with van der Waals surface area (Å²) >= 11 is 4.99. The molecule has 1 heterocycles. The minimum Gasteiger partial charge on any atom is -0.496 e. The first-order valence-corrected chi connectivity index (χ1v) is 8.64. The Morgan fingerprint density at radius 1 is 1.23 bits per heavy atom. The number of carbonyl (C=O) groups is 1. The third kappa shape index (κ3) is 3.52. The minimum absolute atomic E-state index is 0.188. The van der Waals surface area contributed by atoms with E-state index in [2.05, 4.69) is 15.3 Å². The predicted octanol–water partition coefficient (Wildman–Crippen LogP) is 3.48. The lowest BCUT2D eigenvalue weighted by atomic mass is 10.0. The fourth-order valence-electron chi connectivity index (χ4n) is 2.91. The molecule has 3 aromatic rings. The highest BCUT2D eigenvalue weighted by Gasteiger charge is 2.18. The molecule has 0 fully saturated rings. The molecule has 0 unspecified atom stereocenters. The lowest BCUT2D eigenvalue weighted by Crippen LogP contribution is -2.28. The van der Waals surface area contributed by atoms with E-state index in [1.807, 2.05) is 31.2 Å². The topological polar surface area (TPSA) is 87.0 Å². The number of H-pyrrole nitrogens is 2. The number of nitrogens with one attached hydrogen (secondary N) is 3. The Labute approximate surface area is 155 Å². The summed E-state index contributed by atoms with van der Waals surface area (Å²) in [5.41, 5.74) is 1.61. The van der Waals surface area contributed by atoms with Crippen molar-refractivity contribution in [3.8, 4) is 5.75 Å². The zero-order valence-corrected chi connectivity index (χ0v) is 15.3. The van der Waals surface area contributed by atoms with Gasteiger partial charge >= 0.3 is 0 Å². The highest BCUT2D eigenvalue weighted by atomic mass is 32.1. The van der Waals surface area contributed by atoms with Gasteiger partial charge in [-0.25, -0.2) is 0 Å². The molecule has 26 heavy (non-hydrogen) atoms. The highest BCUT2D eigenvalue weighted by Crippen LogP contribution is 2.27. The molecular formula is C19H19N3O3S. The van der Waals surface area contributed by atoms with Gasteiger partial charge in [-0.2, -0.15) is 0 Å². The van der Waals surface area contributed by atoms with Crippen LogP contribution >= 0.6 is 12.2 Å². The number of ether oxygens (including phenoxy) is 1. The number of methoxy groups -OCH3 is 1. The second kappa shape index (κ2) is 7.53. The van der Waals surface area contributed by atoms with E-state index in [0.29, 0.717) is 22.9 Å². The summed E-state index contributed by atoms with van der Waals surface area (Å²) in [5.74, 6) is 0.498. The molecule has 1 atom stereocenters. The van der Waals surface area contributed by atoms with Crippen molar-refractivity contribution in [1.29, 1.82) is 0 Å². The van der Waals surface area contributed by atoms with Crippen LogP contribution in [0.4, 0.5) is 0 Å². The van der Waals surface area contributed by atoms with Crippen LogP contribution in [-0.2, 0) is 0 Å². The van der Waals surface area contributed by atoms with Gasteiger partial charge in [0.1, 0.15) is 5.75 Å².